The second-order valence-electron chi connectivity index (χ2n) is 4.56. The van der Waals surface area contributed by atoms with E-state index < -0.39 is 6.09 Å². The van der Waals surface area contributed by atoms with Crippen LogP contribution in [0.3, 0.4) is 0 Å². The van der Waals surface area contributed by atoms with Gasteiger partial charge >= 0.3 is 6.09 Å². The van der Waals surface area contributed by atoms with Gasteiger partial charge in [-0.05, 0) is 30.7 Å². The van der Waals surface area contributed by atoms with Crippen molar-refractivity contribution in [2.45, 2.75) is 13.5 Å². The van der Waals surface area contributed by atoms with Gasteiger partial charge in [0.15, 0.2) is 0 Å². The molecule has 5 heteroatoms. The van der Waals surface area contributed by atoms with Crippen LogP contribution in [-0.4, -0.2) is 12.6 Å². The second kappa shape index (κ2) is 7.48. The molecule has 0 aliphatic rings. The van der Waals surface area contributed by atoms with E-state index in [2.05, 4.69) is 0 Å². The smallest absolute Gasteiger partial charge is 0.414 e. The predicted molar refractivity (Wildman–Crippen MR) is 85.8 cm³/mol. The summed E-state index contributed by atoms with van der Waals surface area (Å²) in [5.74, 6) is 0. The molecule has 22 heavy (non-hydrogen) atoms. The number of anilines is 1. The maximum Gasteiger partial charge on any atom is 0.414 e. The van der Waals surface area contributed by atoms with Crippen LogP contribution >= 0.6 is 11.6 Å². The van der Waals surface area contributed by atoms with Gasteiger partial charge in [-0.25, -0.2) is 4.79 Å². The number of nitriles is 1. The van der Waals surface area contributed by atoms with E-state index in [9.17, 15) is 4.79 Å². The predicted octanol–water partition coefficient (Wildman–Crippen LogP) is 4.37. The molecule has 0 atom stereocenters. The Balaban J connectivity index is 2.09. The Bertz CT molecular complexity index is 696. The van der Waals surface area contributed by atoms with Gasteiger partial charge < -0.3 is 4.74 Å². The summed E-state index contributed by atoms with van der Waals surface area (Å²) in [5, 5.41) is 9.20. The van der Waals surface area contributed by atoms with Crippen molar-refractivity contribution in [3.63, 3.8) is 0 Å². The van der Waals surface area contributed by atoms with Crippen molar-refractivity contribution in [3.05, 3.63) is 64.7 Å². The van der Waals surface area contributed by atoms with Gasteiger partial charge in [0.25, 0.3) is 0 Å². The summed E-state index contributed by atoms with van der Waals surface area (Å²) >= 11 is 6.01. The van der Waals surface area contributed by atoms with Gasteiger partial charge in [0.1, 0.15) is 12.7 Å². The largest absolute Gasteiger partial charge is 0.444 e. The van der Waals surface area contributed by atoms with E-state index >= 15 is 0 Å². The summed E-state index contributed by atoms with van der Waals surface area (Å²) in [6.45, 7) is 2.49. The highest BCUT2D eigenvalue weighted by Crippen LogP contribution is 2.24. The summed E-state index contributed by atoms with van der Waals surface area (Å²) in [5.41, 5.74) is 1.90. The topological polar surface area (TPSA) is 53.3 Å². The van der Waals surface area contributed by atoms with E-state index in [4.69, 9.17) is 21.6 Å². The van der Waals surface area contributed by atoms with Crippen molar-refractivity contribution in [2.24, 2.45) is 0 Å². The van der Waals surface area contributed by atoms with Gasteiger partial charge in [-0.1, -0.05) is 41.9 Å². The van der Waals surface area contributed by atoms with Crippen molar-refractivity contribution in [2.75, 3.05) is 11.4 Å². The fourth-order valence-corrected chi connectivity index (χ4v) is 2.19. The highest BCUT2D eigenvalue weighted by molar-refractivity contribution is 6.32. The van der Waals surface area contributed by atoms with Crippen molar-refractivity contribution < 1.29 is 9.53 Å². The van der Waals surface area contributed by atoms with Gasteiger partial charge in [-0.3, -0.25) is 4.90 Å². The van der Waals surface area contributed by atoms with Crippen LogP contribution in [0.1, 0.15) is 18.1 Å². The molecule has 0 aliphatic heterocycles. The lowest BCUT2D eigenvalue weighted by atomic mass is 10.2. The van der Waals surface area contributed by atoms with E-state index in [1.165, 1.54) is 4.90 Å². The summed E-state index contributed by atoms with van der Waals surface area (Å²) in [6.07, 6.45) is -0.452. The highest BCUT2D eigenvalue weighted by Gasteiger charge is 2.16. The van der Waals surface area contributed by atoms with Crippen LogP contribution in [0.15, 0.2) is 48.5 Å². The molecule has 2 aromatic rings. The van der Waals surface area contributed by atoms with Crippen LogP contribution in [0.2, 0.25) is 5.02 Å². The summed E-state index contributed by atoms with van der Waals surface area (Å²) in [7, 11) is 0. The van der Waals surface area contributed by atoms with Gasteiger partial charge in [-0.2, -0.15) is 5.26 Å². The molecule has 0 aromatic heterocycles. The van der Waals surface area contributed by atoms with Crippen molar-refractivity contribution >= 4 is 23.4 Å². The first-order chi connectivity index (χ1) is 10.7. The average molecular weight is 315 g/mol. The minimum absolute atomic E-state index is 0.209. The molecule has 0 unspecified atom stereocenters. The third-order valence-corrected chi connectivity index (χ3v) is 3.44. The summed E-state index contributed by atoms with van der Waals surface area (Å²) in [4.78, 5) is 13.7. The number of benzene rings is 2. The first-order valence-corrected chi connectivity index (χ1v) is 7.21. The van der Waals surface area contributed by atoms with Crippen LogP contribution in [0.4, 0.5) is 10.5 Å². The zero-order valence-electron chi connectivity index (χ0n) is 12.1. The standard InChI is InChI=1S/C17H15ClN2O2/c1-2-20(15-9-8-14(11-19)16(18)10-15)17(21)22-12-13-6-4-3-5-7-13/h3-10H,2,12H2,1H3. The lowest BCUT2D eigenvalue weighted by Crippen LogP contribution is -2.31. The maximum absolute atomic E-state index is 12.2. The number of hydrogen-bond donors (Lipinski definition) is 0. The molecule has 1 amide bonds. The van der Waals surface area contributed by atoms with Crippen LogP contribution in [0, 0.1) is 11.3 Å². The number of rotatable bonds is 4. The Morgan fingerprint density at radius 1 is 1.27 bits per heavy atom. The molecule has 112 valence electrons. The van der Waals surface area contributed by atoms with Crippen LogP contribution in [-0.2, 0) is 11.3 Å². The molecule has 0 bridgehead atoms. The molecule has 0 saturated heterocycles. The molecule has 0 saturated carbocycles. The number of nitrogens with zero attached hydrogens (tertiary/aromatic N) is 2. The number of amides is 1. The van der Waals surface area contributed by atoms with Gasteiger partial charge in [-0.15, -0.1) is 0 Å². The van der Waals surface area contributed by atoms with E-state index in [0.29, 0.717) is 22.8 Å². The molecule has 4 nitrogen and oxygen atoms in total. The Morgan fingerprint density at radius 2 is 2.00 bits per heavy atom. The fraction of sp³-hybridized carbons (Fsp3) is 0.176. The van der Waals surface area contributed by atoms with Crippen LogP contribution in [0.25, 0.3) is 0 Å². The monoisotopic (exact) mass is 314 g/mol. The lowest BCUT2D eigenvalue weighted by Gasteiger charge is -2.21. The van der Waals surface area contributed by atoms with Crippen LogP contribution < -0.4 is 4.90 Å². The molecule has 2 rings (SSSR count). The average Bonchev–Trinajstić information content (AvgIpc) is 2.55. The van der Waals surface area contributed by atoms with E-state index in [-0.39, 0.29) is 6.61 Å². The molecule has 0 aliphatic carbocycles. The van der Waals surface area contributed by atoms with E-state index in [0.717, 1.165) is 5.56 Å². The minimum atomic E-state index is -0.452. The number of hydrogen-bond acceptors (Lipinski definition) is 3. The number of carbonyl (C=O) groups excluding carboxylic acids is 1. The molecular formula is C17H15ClN2O2. The van der Waals surface area contributed by atoms with Crippen molar-refractivity contribution in [1.29, 1.82) is 5.26 Å². The molecule has 0 fully saturated rings. The summed E-state index contributed by atoms with van der Waals surface area (Å²) in [6, 6.07) is 16.3. The molecular weight excluding hydrogens is 300 g/mol. The lowest BCUT2D eigenvalue weighted by molar-refractivity contribution is 0.147. The van der Waals surface area contributed by atoms with E-state index in [1.807, 2.05) is 43.3 Å². The Morgan fingerprint density at radius 3 is 2.59 bits per heavy atom. The number of carbonyl (C=O) groups is 1. The molecule has 0 N–H and O–H groups in total. The Labute approximate surface area is 134 Å². The third-order valence-electron chi connectivity index (χ3n) is 3.13. The SMILES string of the molecule is CCN(C(=O)OCc1ccccc1)c1ccc(C#N)c(Cl)c1. The molecule has 0 heterocycles. The Hall–Kier alpha value is -2.51. The summed E-state index contributed by atoms with van der Waals surface area (Å²) < 4.78 is 5.31. The first kappa shape index (κ1) is 15.9. The van der Waals surface area contributed by atoms with Gasteiger partial charge in [0, 0.05) is 12.2 Å². The quantitative estimate of drug-likeness (QED) is 0.841. The first-order valence-electron chi connectivity index (χ1n) is 6.83. The number of ether oxygens (including phenoxy) is 1. The molecule has 0 radical (unpaired) electrons. The third kappa shape index (κ3) is 3.78. The Kier molecular flexibility index (Phi) is 5.40. The number of halogens is 1. The van der Waals surface area contributed by atoms with Gasteiger partial charge in [0.05, 0.1) is 10.6 Å². The normalized spacial score (nSPS) is 9.86. The van der Waals surface area contributed by atoms with E-state index in [1.54, 1.807) is 18.2 Å². The zero-order chi connectivity index (χ0) is 15.9. The zero-order valence-corrected chi connectivity index (χ0v) is 12.9. The second-order valence-corrected chi connectivity index (χ2v) is 4.97. The molecule has 2 aromatic carbocycles. The minimum Gasteiger partial charge on any atom is -0.444 e. The fourth-order valence-electron chi connectivity index (χ4n) is 1.98. The maximum atomic E-state index is 12.2. The molecule has 0 spiro atoms. The van der Waals surface area contributed by atoms with Gasteiger partial charge in [0.2, 0.25) is 0 Å². The van der Waals surface area contributed by atoms with Crippen molar-refractivity contribution in [1.82, 2.24) is 0 Å². The van der Waals surface area contributed by atoms with Crippen LogP contribution in [0.5, 0.6) is 0 Å². The van der Waals surface area contributed by atoms with Crippen molar-refractivity contribution in [3.8, 4) is 6.07 Å². The highest BCUT2D eigenvalue weighted by atomic mass is 35.5.